The van der Waals surface area contributed by atoms with Crippen molar-refractivity contribution in [2.75, 3.05) is 24.4 Å². The van der Waals surface area contributed by atoms with Crippen molar-refractivity contribution in [1.29, 1.82) is 0 Å². The molecular weight excluding hydrogens is 392 g/mol. The Labute approximate surface area is 173 Å². The van der Waals surface area contributed by atoms with Crippen molar-refractivity contribution in [3.05, 3.63) is 83.4 Å². The fourth-order valence-corrected chi connectivity index (χ4v) is 2.62. The van der Waals surface area contributed by atoms with Gasteiger partial charge in [-0.2, -0.15) is 0 Å². The zero-order valence-corrected chi connectivity index (χ0v) is 16.4. The Hall–Kier alpha value is -3.51. The summed E-state index contributed by atoms with van der Waals surface area (Å²) in [4.78, 5) is 24.6. The van der Waals surface area contributed by atoms with Gasteiger partial charge < -0.3 is 20.1 Å². The molecule has 6 nitrogen and oxygen atoms in total. The molecular formula is C22H19ClN2O4. The lowest BCUT2D eigenvalue weighted by atomic mass is 10.2. The molecule has 0 spiro atoms. The quantitative estimate of drug-likeness (QED) is 0.596. The number of hydrogen-bond donors (Lipinski definition) is 2. The van der Waals surface area contributed by atoms with E-state index in [-0.39, 0.29) is 18.4 Å². The number of anilines is 2. The van der Waals surface area contributed by atoms with Crippen LogP contribution in [0.25, 0.3) is 0 Å². The standard InChI is InChI=1S/C22H19ClN2O4/c1-28-19-11-7-17(8-12-19)25-22(27)15-3-2-4-18(13-15)24-21(26)14-29-20-9-5-16(23)6-10-20/h2-13H,14H2,1H3,(H,24,26)(H,25,27). The second kappa shape index (κ2) is 9.61. The SMILES string of the molecule is COc1ccc(NC(=O)c2cccc(NC(=O)COc3ccc(Cl)cc3)c2)cc1. The lowest BCUT2D eigenvalue weighted by Gasteiger charge is -2.10. The summed E-state index contributed by atoms with van der Waals surface area (Å²) in [6.45, 7) is -0.163. The Morgan fingerprint density at radius 3 is 2.24 bits per heavy atom. The minimum Gasteiger partial charge on any atom is -0.497 e. The summed E-state index contributed by atoms with van der Waals surface area (Å²) in [5.41, 5.74) is 1.55. The molecule has 0 aliphatic rings. The van der Waals surface area contributed by atoms with Gasteiger partial charge in [-0.05, 0) is 66.7 Å². The first-order valence-electron chi connectivity index (χ1n) is 8.77. The molecule has 3 rings (SSSR count). The van der Waals surface area contributed by atoms with E-state index in [1.165, 1.54) is 0 Å². The number of benzene rings is 3. The summed E-state index contributed by atoms with van der Waals surface area (Å²) in [7, 11) is 1.58. The number of methoxy groups -OCH3 is 1. The van der Waals surface area contributed by atoms with E-state index < -0.39 is 0 Å². The molecule has 0 aliphatic heterocycles. The molecule has 0 saturated carbocycles. The molecule has 0 radical (unpaired) electrons. The predicted molar refractivity (Wildman–Crippen MR) is 113 cm³/mol. The van der Waals surface area contributed by atoms with E-state index in [0.717, 1.165) is 0 Å². The number of carbonyl (C=O) groups excluding carboxylic acids is 2. The molecule has 0 unspecified atom stereocenters. The molecule has 0 aliphatic carbocycles. The van der Waals surface area contributed by atoms with Crippen LogP contribution in [-0.4, -0.2) is 25.5 Å². The zero-order chi connectivity index (χ0) is 20.6. The monoisotopic (exact) mass is 410 g/mol. The van der Waals surface area contributed by atoms with Crippen molar-refractivity contribution < 1.29 is 19.1 Å². The molecule has 0 saturated heterocycles. The topological polar surface area (TPSA) is 76.7 Å². The average Bonchev–Trinajstić information content (AvgIpc) is 2.74. The van der Waals surface area contributed by atoms with E-state index in [4.69, 9.17) is 21.1 Å². The lowest BCUT2D eigenvalue weighted by molar-refractivity contribution is -0.118. The van der Waals surface area contributed by atoms with Crippen molar-refractivity contribution in [2.24, 2.45) is 0 Å². The van der Waals surface area contributed by atoms with Crippen LogP contribution in [0.4, 0.5) is 11.4 Å². The maximum Gasteiger partial charge on any atom is 0.262 e. The Kier molecular flexibility index (Phi) is 6.71. The largest absolute Gasteiger partial charge is 0.497 e. The third kappa shape index (κ3) is 5.99. The van der Waals surface area contributed by atoms with E-state index >= 15 is 0 Å². The second-order valence-corrected chi connectivity index (χ2v) is 6.49. The number of halogens is 1. The fourth-order valence-electron chi connectivity index (χ4n) is 2.49. The Morgan fingerprint density at radius 1 is 0.862 bits per heavy atom. The number of hydrogen-bond acceptors (Lipinski definition) is 4. The first kappa shape index (κ1) is 20.2. The smallest absolute Gasteiger partial charge is 0.262 e. The van der Waals surface area contributed by atoms with Crippen molar-refractivity contribution in [1.82, 2.24) is 0 Å². The molecule has 0 bridgehead atoms. The molecule has 3 aromatic carbocycles. The van der Waals surface area contributed by atoms with Crippen molar-refractivity contribution in [3.8, 4) is 11.5 Å². The molecule has 0 atom stereocenters. The zero-order valence-electron chi connectivity index (χ0n) is 15.6. The van der Waals surface area contributed by atoms with Crippen LogP contribution < -0.4 is 20.1 Å². The van der Waals surface area contributed by atoms with Gasteiger partial charge in [0.1, 0.15) is 11.5 Å². The molecule has 2 amide bonds. The van der Waals surface area contributed by atoms with Gasteiger partial charge in [0, 0.05) is 22.0 Å². The van der Waals surface area contributed by atoms with Gasteiger partial charge in [0.2, 0.25) is 0 Å². The Balaban J connectivity index is 1.57. The Bertz CT molecular complexity index is 988. The molecule has 148 valence electrons. The average molecular weight is 411 g/mol. The molecule has 0 aromatic heterocycles. The van der Waals surface area contributed by atoms with Crippen LogP contribution in [0.2, 0.25) is 5.02 Å². The highest BCUT2D eigenvalue weighted by Crippen LogP contribution is 2.18. The van der Waals surface area contributed by atoms with Gasteiger partial charge in [-0.25, -0.2) is 0 Å². The summed E-state index contributed by atoms with van der Waals surface area (Å²) in [5.74, 6) is 0.613. The number of ether oxygens (including phenoxy) is 2. The first-order valence-corrected chi connectivity index (χ1v) is 9.15. The van der Waals surface area contributed by atoms with Crippen molar-refractivity contribution in [2.45, 2.75) is 0 Å². The van der Waals surface area contributed by atoms with Crippen LogP contribution in [0.15, 0.2) is 72.8 Å². The summed E-state index contributed by atoms with van der Waals surface area (Å²) >= 11 is 5.81. The summed E-state index contributed by atoms with van der Waals surface area (Å²) < 4.78 is 10.5. The molecule has 0 heterocycles. The van der Waals surface area contributed by atoms with Crippen LogP contribution in [0.3, 0.4) is 0 Å². The maximum absolute atomic E-state index is 12.5. The molecule has 0 fully saturated rings. The third-order valence-electron chi connectivity index (χ3n) is 3.94. The predicted octanol–water partition coefficient (Wildman–Crippen LogP) is 4.62. The number of rotatable bonds is 7. The highest BCUT2D eigenvalue weighted by Gasteiger charge is 2.09. The number of amides is 2. The van der Waals surface area contributed by atoms with Gasteiger partial charge >= 0.3 is 0 Å². The van der Waals surface area contributed by atoms with Gasteiger partial charge in [0.05, 0.1) is 7.11 Å². The summed E-state index contributed by atoms with van der Waals surface area (Å²) in [5, 5.41) is 6.10. The van der Waals surface area contributed by atoms with E-state index in [9.17, 15) is 9.59 Å². The van der Waals surface area contributed by atoms with E-state index in [0.29, 0.717) is 33.5 Å². The highest BCUT2D eigenvalue weighted by atomic mass is 35.5. The summed E-state index contributed by atoms with van der Waals surface area (Å²) in [6, 6.07) is 20.4. The third-order valence-corrected chi connectivity index (χ3v) is 4.19. The van der Waals surface area contributed by atoms with Crippen LogP contribution in [0, 0.1) is 0 Å². The highest BCUT2D eigenvalue weighted by molar-refractivity contribution is 6.30. The normalized spacial score (nSPS) is 10.1. The van der Waals surface area contributed by atoms with Gasteiger partial charge in [0.25, 0.3) is 11.8 Å². The molecule has 2 N–H and O–H groups in total. The van der Waals surface area contributed by atoms with E-state index in [2.05, 4.69) is 10.6 Å². The van der Waals surface area contributed by atoms with Gasteiger partial charge in [-0.1, -0.05) is 17.7 Å². The lowest BCUT2D eigenvalue weighted by Crippen LogP contribution is -2.20. The molecule has 7 heteroatoms. The van der Waals surface area contributed by atoms with E-state index in [1.807, 2.05) is 0 Å². The van der Waals surface area contributed by atoms with Crippen LogP contribution in [-0.2, 0) is 4.79 Å². The van der Waals surface area contributed by atoms with Crippen LogP contribution in [0.5, 0.6) is 11.5 Å². The van der Waals surface area contributed by atoms with Crippen molar-refractivity contribution >= 4 is 34.8 Å². The van der Waals surface area contributed by atoms with Crippen LogP contribution in [0.1, 0.15) is 10.4 Å². The first-order chi connectivity index (χ1) is 14.0. The fraction of sp³-hybridized carbons (Fsp3) is 0.0909. The molecule has 3 aromatic rings. The summed E-state index contributed by atoms with van der Waals surface area (Å²) in [6.07, 6.45) is 0. The maximum atomic E-state index is 12.5. The van der Waals surface area contributed by atoms with Gasteiger partial charge in [-0.15, -0.1) is 0 Å². The van der Waals surface area contributed by atoms with E-state index in [1.54, 1.807) is 79.9 Å². The van der Waals surface area contributed by atoms with Crippen LogP contribution >= 0.6 is 11.6 Å². The van der Waals surface area contributed by atoms with Gasteiger partial charge in [0.15, 0.2) is 6.61 Å². The Morgan fingerprint density at radius 2 is 1.55 bits per heavy atom. The van der Waals surface area contributed by atoms with Gasteiger partial charge in [-0.3, -0.25) is 9.59 Å². The number of nitrogens with one attached hydrogen (secondary N) is 2. The van der Waals surface area contributed by atoms with Crippen molar-refractivity contribution in [3.63, 3.8) is 0 Å². The minimum absolute atomic E-state index is 0.163. The number of carbonyl (C=O) groups is 2. The minimum atomic E-state index is -0.340. The molecule has 29 heavy (non-hydrogen) atoms. The second-order valence-electron chi connectivity index (χ2n) is 6.05.